The molecule has 1 fully saturated rings. The summed E-state index contributed by atoms with van der Waals surface area (Å²) < 4.78 is 4.50. The molecule has 50 valence electrons. The van der Waals surface area contributed by atoms with E-state index in [-0.39, 0.29) is 0 Å². The molecule has 0 spiro atoms. The molecule has 8 heavy (non-hydrogen) atoms. The fourth-order valence-electron chi connectivity index (χ4n) is 0. The van der Waals surface area contributed by atoms with Gasteiger partial charge in [-0.25, -0.2) is 0 Å². The molecule has 0 aromatic heterocycles. The van der Waals surface area contributed by atoms with E-state index in [9.17, 15) is 0 Å². The Morgan fingerprint density at radius 3 is 1.38 bits per heavy atom. The summed E-state index contributed by atoms with van der Waals surface area (Å²) in [4.78, 5) is 16.4. The lowest BCUT2D eigenvalue weighted by Crippen LogP contribution is -2.23. The molecule has 1 saturated heterocycles. The zero-order valence-electron chi connectivity index (χ0n) is 5.22. The highest BCUT2D eigenvalue weighted by Crippen LogP contribution is 1.84. The van der Waals surface area contributed by atoms with Gasteiger partial charge in [0.15, 0.2) is 0 Å². The Morgan fingerprint density at radius 1 is 1.25 bits per heavy atom. The van der Waals surface area contributed by atoms with Gasteiger partial charge in [0.25, 0.3) is 0 Å². The van der Waals surface area contributed by atoms with Gasteiger partial charge in [-0.1, -0.05) is 0 Å². The van der Waals surface area contributed by atoms with E-state index in [1.807, 2.05) is 0 Å². The Labute approximate surface area is 50.2 Å². The SMILES string of the molecule is C1CO1.C[Si](C)(O)O. The van der Waals surface area contributed by atoms with Crippen LogP contribution in [-0.4, -0.2) is 31.4 Å². The molecule has 0 aliphatic carbocycles. The van der Waals surface area contributed by atoms with Crippen LogP contribution in [0.5, 0.6) is 0 Å². The number of hydrogen-bond donors (Lipinski definition) is 2. The first-order chi connectivity index (χ1) is 3.50. The molecule has 1 aliphatic rings. The first-order valence-corrected chi connectivity index (χ1v) is 5.42. The lowest BCUT2D eigenvalue weighted by atomic mass is 11.0. The number of epoxide rings is 1. The van der Waals surface area contributed by atoms with Crippen LogP contribution in [0.2, 0.25) is 13.1 Å². The fourth-order valence-corrected chi connectivity index (χ4v) is 0. The minimum atomic E-state index is -2.61. The molecule has 1 heterocycles. The van der Waals surface area contributed by atoms with Crippen LogP contribution in [-0.2, 0) is 4.74 Å². The van der Waals surface area contributed by atoms with Crippen LogP contribution in [0.4, 0.5) is 0 Å². The number of rotatable bonds is 0. The molecule has 0 atom stereocenters. The molecule has 0 unspecified atom stereocenters. The van der Waals surface area contributed by atoms with Crippen LogP contribution in [0.1, 0.15) is 0 Å². The van der Waals surface area contributed by atoms with Crippen molar-refractivity contribution < 1.29 is 14.3 Å². The summed E-state index contributed by atoms with van der Waals surface area (Å²) in [6.45, 7) is 4.88. The molecular weight excluding hydrogens is 124 g/mol. The van der Waals surface area contributed by atoms with Gasteiger partial charge in [0.05, 0.1) is 13.2 Å². The zero-order valence-corrected chi connectivity index (χ0v) is 6.22. The molecule has 3 nitrogen and oxygen atoms in total. The second-order valence-electron chi connectivity index (χ2n) is 2.11. The molecule has 0 bridgehead atoms. The third-order valence-electron chi connectivity index (χ3n) is 0.204. The van der Waals surface area contributed by atoms with Crippen molar-refractivity contribution in [2.45, 2.75) is 13.1 Å². The summed E-state index contributed by atoms with van der Waals surface area (Å²) in [5.74, 6) is 0. The molecule has 0 aromatic carbocycles. The molecule has 2 N–H and O–H groups in total. The molecule has 0 aromatic rings. The van der Waals surface area contributed by atoms with Crippen LogP contribution >= 0.6 is 0 Å². The molecule has 4 heteroatoms. The summed E-state index contributed by atoms with van der Waals surface area (Å²) >= 11 is 0. The maximum Gasteiger partial charge on any atom is 0.326 e. The van der Waals surface area contributed by atoms with Gasteiger partial charge in [-0.05, 0) is 13.1 Å². The first-order valence-electron chi connectivity index (χ1n) is 2.52. The van der Waals surface area contributed by atoms with Crippen LogP contribution < -0.4 is 0 Å². The van der Waals surface area contributed by atoms with Crippen molar-refractivity contribution in [3.63, 3.8) is 0 Å². The Morgan fingerprint density at radius 2 is 1.38 bits per heavy atom. The van der Waals surface area contributed by atoms with E-state index in [2.05, 4.69) is 4.74 Å². The lowest BCUT2D eigenvalue weighted by molar-refractivity contribution is 0.382. The van der Waals surface area contributed by atoms with Gasteiger partial charge in [0, 0.05) is 0 Å². The predicted octanol–water partition coefficient (Wildman–Crippen LogP) is -0.311. The Bertz CT molecular complexity index is 48.0. The minimum absolute atomic E-state index is 1.00. The van der Waals surface area contributed by atoms with Gasteiger partial charge in [0.2, 0.25) is 0 Å². The predicted molar refractivity (Wildman–Crippen MR) is 32.7 cm³/mol. The highest BCUT2D eigenvalue weighted by molar-refractivity contribution is 6.61. The molecule has 1 aliphatic heterocycles. The third-order valence-corrected chi connectivity index (χ3v) is 0.204. The maximum absolute atomic E-state index is 8.22. The van der Waals surface area contributed by atoms with Gasteiger partial charge in [-0.3, -0.25) is 0 Å². The van der Waals surface area contributed by atoms with Gasteiger partial charge in [-0.2, -0.15) is 0 Å². The van der Waals surface area contributed by atoms with Crippen LogP contribution in [0.25, 0.3) is 0 Å². The topological polar surface area (TPSA) is 53.0 Å². The fraction of sp³-hybridized carbons (Fsp3) is 1.00. The summed E-state index contributed by atoms with van der Waals surface area (Å²) in [5, 5.41) is 0. The van der Waals surface area contributed by atoms with Crippen LogP contribution in [0, 0.1) is 0 Å². The monoisotopic (exact) mass is 136 g/mol. The minimum Gasteiger partial charge on any atom is -0.411 e. The van der Waals surface area contributed by atoms with E-state index in [1.165, 1.54) is 13.1 Å². The highest BCUT2D eigenvalue weighted by atomic mass is 28.4. The quantitative estimate of drug-likeness (QED) is 0.355. The second-order valence-corrected chi connectivity index (χ2v) is 5.10. The molecule has 1 rings (SSSR count). The highest BCUT2D eigenvalue weighted by Gasteiger charge is 2.08. The van der Waals surface area contributed by atoms with E-state index in [1.54, 1.807) is 0 Å². The zero-order chi connectivity index (χ0) is 6.62. The van der Waals surface area contributed by atoms with E-state index >= 15 is 0 Å². The first kappa shape index (κ1) is 8.10. The Hall–Kier alpha value is 0.0969. The third kappa shape index (κ3) is 132. The van der Waals surface area contributed by atoms with Crippen molar-refractivity contribution in [2.24, 2.45) is 0 Å². The second kappa shape index (κ2) is 3.19. The van der Waals surface area contributed by atoms with Crippen molar-refractivity contribution in [3.05, 3.63) is 0 Å². The summed E-state index contributed by atoms with van der Waals surface area (Å²) in [5.41, 5.74) is 0. The largest absolute Gasteiger partial charge is 0.411 e. The van der Waals surface area contributed by atoms with Gasteiger partial charge in [-0.15, -0.1) is 0 Å². The smallest absolute Gasteiger partial charge is 0.326 e. The molecule has 0 amide bonds. The van der Waals surface area contributed by atoms with Gasteiger partial charge >= 0.3 is 8.56 Å². The van der Waals surface area contributed by atoms with Crippen LogP contribution in [0.3, 0.4) is 0 Å². The van der Waals surface area contributed by atoms with Crippen molar-refractivity contribution in [1.82, 2.24) is 0 Å². The van der Waals surface area contributed by atoms with Gasteiger partial charge < -0.3 is 14.3 Å². The van der Waals surface area contributed by atoms with Crippen molar-refractivity contribution in [3.8, 4) is 0 Å². The summed E-state index contributed by atoms with van der Waals surface area (Å²) in [6, 6.07) is 0. The normalized spacial score (nSPS) is 16.5. The van der Waals surface area contributed by atoms with Crippen molar-refractivity contribution >= 4 is 8.56 Å². The summed E-state index contributed by atoms with van der Waals surface area (Å²) in [6.07, 6.45) is 0. The van der Waals surface area contributed by atoms with E-state index in [0.717, 1.165) is 13.2 Å². The molecule has 0 radical (unpaired) electrons. The Kier molecular flexibility index (Phi) is 3.23. The van der Waals surface area contributed by atoms with Crippen molar-refractivity contribution in [2.75, 3.05) is 13.2 Å². The van der Waals surface area contributed by atoms with E-state index < -0.39 is 8.56 Å². The van der Waals surface area contributed by atoms with E-state index in [4.69, 9.17) is 9.59 Å². The van der Waals surface area contributed by atoms with Crippen molar-refractivity contribution in [1.29, 1.82) is 0 Å². The number of ether oxygens (including phenoxy) is 1. The van der Waals surface area contributed by atoms with Gasteiger partial charge in [0.1, 0.15) is 0 Å². The molecule has 0 saturated carbocycles. The Balaban J connectivity index is 0.000000135. The van der Waals surface area contributed by atoms with E-state index in [0.29, 0.717) is 0 Å². The summed E-state index contributed by atoms with van der Waals surface area (Å²) in [7, 11) is -2.61. The average Bonchev–Trinajstić information content (AvgIpc) is 1.95. The standard InChI is InChI=1S/C2H8O2Si.C2H4O/c1-5(2,3)4;1-2-3-1/h3-4H,1-2H3;1-2H2. The lowest BCUT2D eigenvalue weighted by Gasteiger charge is -1.97. The average molecular weight is 136 g/mol. The molecular formula is C4H12O3Si. The maximum atomic E-state index is 8.22. The number of hydrogen-bond acceptors (Lipinski definition) is 3. The van der Waals surface area contributed by atoms with Crippen LogP contribution in [0.15, 0.2) is 0 Å².